The predicted molar refractivity (Wildman–Crippen MR) is 81.8 cm³/mol. The molecule has 0 bridgehead atoms. The molecule has 3 heteroatoms. The molecule has 0 aliphatic carbocycles. The Kier molecular flexibility index (Phi) is 4.05. The molecule has 0 spiro atoms. The highest BCUT2D eigenvalue weighted by molar-refractivity contribution is 5.60. The van der Waals surface area contributed by atoms with Crippen LogP contribution in [0, 0.1) is 6.92 Å². The van der Waals surface area contributed by atoms with Crippen LogP contribution in [-0.2, 0) is 0 Å². The number of hydrogen-bond acceptors (Lipinski definition) is 3. The Balaban J connectivity index is 2.12. The summed E-state index contributed by atoms with van der Waals surface area (Å²) in [4.78, 5) is 4.27. The second-order valence-electron chi connectivity index (χ2n) is 4.98. The van der Waals surface area contributed by atoms with Crippen LogP contribution in [0.3, 0.4) is 0 Å². The van der Waals surface area contributed by atoms with Crippen LogP contribution in [0.25, 0.3) is 0 Å². The Morgan fingerprint density at radius 3 is 2.53 bits per heavy atom. The Morgan fingerprint density at radius 2 is 1.95 bits per heavy atom. The van der Waals surface area contributed by atoms with Gasteiger partial charge in [0.25, 0.3) is 0 Å². The van der Waals surface area contributed by atoms with Crippen molar-refractivity contribution in [1.82, 2.24) is 4.98 Å². The van der Waals surface area contributed by atoms with Crippen molar-refractivity contribution in [2.75, 3.05) is 11.1 Å². The maximum absolute atomic E-state index is 5.76. The normalized spacial score (nSPS) is 12.2. The summed E-state index contributed by atoms with van der Waals surface area (Å²) in [5.41, 5.74) is 9.93. The first-order valence-electron chi connectivity index (χ1n) is 6.69. The maximum atomic E-state index is 5.76. The molecule has 0 amide bonds. The van der Waals surface area contributed by atoms with Crippen LogP contribution in [0.15, 0.2) is 36.5 Å². The molecule has 3 nitrogen and oxygen atoms in total. The fourth-order valence-corrected chi connectivity index (χ4v) is 1.91. The SMILES string of the molecule is CCC(C)c1ccc(Nc2cc(C)c(N)cn2)cc1. The summed E-state index contributed by atoms with van der Waals surface area (Å²) in [5.74, 6) is 1.42. The first-order chi connectivity index (χ1) is 9.10. The van der Waals surface area contributed by atoms with Crippen molar-refractivity contribution in [3.63, 3.8) is 0 Å². The van der Waals surface area contributed by atoms with Gasteiger partial charge in [0.2, 0.25) is 0 Å². The lowest BCUT2D eigenvalue weighted by molar-refractivity contribution is 0.734. The molecule has 100 valence electrons. The van der Waals surface area contributed by atoms with Gasteiger partial charge < -0.3 is 11.1 Å². The number of pyridine rings is 1. The van der Waals surface area contributed by atoms with Crippen molar-refractivity contribution < 1.29 is 0 Å². The minimum absolute atomic E-state index is 0.603. The summed E-state index contributed by atoms with van der Waals surface area (Å²) in [5, 5.41) is 3.29. The molecule has 2 aromatic rings. The van der Waals surface area contributed by atoms with Gasteiger partial charge in [-0.05, 0) is 48.6 Å². The van der Waals surface area contributed by atoms with Crippen molar-refractivity contribution in [2.45, 2.75) is 33.1 Å². The number of aromatic nitrogens is 1. The van der Waals surface area contributed by atoms with E-state index >= 15 is 0 Å². The number of nitrogens with one attached hydrogen (secondary N) is 1. The zero-order valence-corrected chi connectivity index (χ0v) is 11.8. The number of nitrogen functional groups attached to an aromatic ring is 1. The quantitative estimate of drug-likeness (QED) is 0.859. The molecule has 0 radical (unpaired) electrons. The van der Waals surface area contributed by atoms with Crippen LogP contribution in [0.5, 0.6) is 0 Å². The molecule has 19 heavy (non-hydrogen) atoms. The Labute approximate surface area is 114 Å². The number of aryl methyl sites for hydroxylation is 1. The zero-order chi connectivity index (χ0) is 13.8. The first kappa shape index (κ1) is 13.4. The van der Waals surface area contributed by atoms with Gasteiger partial charge in [0.1, 0.15) is 5.82 Å². The Morgan fingerprint density at radius 1 is 1.26 bits per heavy atom. The van der Waals surface area contributed by atoms with Gasteiger partial charge in [-0.25, -0.2) is 4.98 Å². The zero-order valence-electron chi connectivity index (χ0n) is 11.8. The lowest BCUT2D eigenvalue weighted by Gasteiger charge is -2.11. The molecular weight excluding hydrogens is 234 g/mol. The molecule has 3 N–H and O–H groups in total. The molecule has 2 rings (SSSR count). The number of nitrogens with two attached hydrogens (primary N) is 1. The molecule has 0 saturated carbocycles. The third-order valence-corrected chi connectivity index (χ3v) is 3.52. The average Bonchev–Trinajstić information content (AvgIpc) is 2.43. The third kappa shape index (κ3) is 3.25. The molecule has 1 aromatic heterocycles. The van der Waals surface area contributed by atoms with Crippen molar-refractivity contribution in [3.8, 4) is 0 Å². The van der Waals surface area contributed by atoms with E-state index in [0.29, 0.717) is 5.92 Å². The van der Waals surface area contributed by atoms with E-state index in [9.17, 15) is 0 Å². The Bertz CT molecular complexity index is 546. The van der Waals surface area contributed by atoms with E-state index in [1.165, 1.54) is 5.56 Å². The average molecular weight is 255 g/mol. The second-order valence-corrected chi connectivity index (χ2v) is 4.98. The minimum atomic E-state index is 0.603. The number of benzene rings is 1. The smallest absolute Gasteiger partial charge is 0.130 e. The van der Waals surface area contributed by atoms with E-state index in [1.807, 2.05) is 13.0 Å². The Hall–Kier alpha value is -2.03. The van der Waals surface area contributed by atoms with Crippen LogP contribution >= 0.6 is 0 Å². The lowest BCUT2D eigenvalue weighted by Crippen LogP contribution is -1.98. The van der Waals surface area contributed by atoms with E-state index in [-0.39, 0.29) is 0 Å². The van der Waals surface area contributed by atoms with E-state index in [1.54, 1.807) is 6.20 Å². The molecule has 0 aliphatic heterocycles. The lowest BCUT2D eigenvalue weighted by atomic mass is 9.99. The van der Waals surface area contributed by atoms with Crippen LogP contribution in [0.2, 0.25) is 0 Å². The fourth-order valence-electron chi connectivity index (χ4n) is 1.91. The second kappa shape index (κ2) is 5.74. The topological polar surface area (TPSA) is 50.9 Å². The van der Waals surface area contributed by atoms with Gasteiger partial charge in [-0.2, -0.15) is 0 Å². The first-order valence-corrected chi connectivity index (χ1v) is 6.69. The highest BCUT2D eigenvalue weighted by Gasteiger charge is 2.03. The van der Waals surface area contributed by atoms with Crippen molar-refractivity contribution in [1.29, 1.82) is 0 Å². The molecule has 1 heterocycles. The molecule has 1 aromatic carbocycles. The van der Waals surface area contributed by atoms with Crippen LogP contribution in [0.4, 0.5) is 17.2 Å². The molecule has 0 saturated heterocycles. The minimum Gasteiger partial charge on any atom is -0.397 e. The fraction of sp³-hybridized carbons (Fsp3) is 0.312. The van der Waals surface area contributed by atoms with Crippen LogP contribution in [-0.4, -0.2) is 4.98 Å². The third-order valence-electron chi connectivity index (χ3n) is 3.52. The van der Waals surface area contributed by atoms with Crippen molar-refractivity contribution in [3.05, 3.63) is 47.7 Å². The van der Waals surface area contributed by atoms with Gasteiger partial charge in [-0.15, -0.1) is 0 Å². The van der Waals surface area contributed by atoms with Gasteiger partial charge in [0, 0.05) is 5.69 Å². The molecule has 0 fully saturated rings. The summed E-state index contributed by atoms with van der Waals surface area (Å²) in [6, 6.07) is 10.5. The summed E-state index contributed by atoms with van der Waals surface area (Å²) in [6.07, 6.45) is 2.84. The number of hydrogen-bond donors (Lipinski definition) is 2. The van der Waals surface area contributed by atoms with Gasteiger partial charge in [-0.3, -0.25) is 0 Å². The molecule has 1 atom stereocenters. The van der Waals surface area contributed by atoms with Gasteiger partial charge in [0.05, 0.1) is 11.9 Å². The van der Waals surface area contributed by atoms with E-state index in [0.717, 1.165) is 29.2 Å². The van der Waals surface area contributed by atoms with Crippen LogP contribution in [0.1, 0.15) is 37.3 Å². The van der Waals surface area contributed by atoms with Gasteiger partial charge >= 0.3 is 0 Å². The van der Waals surface area contributed by atoms with Gasteiger partial charge in [-0.1, -0.05) is 26.0 Å². The van der Waals surface area contributed by atoms with Crippen molar-refractivity contribution >= 4 is 17.2 Å². The van der Waals surface area contributed by atoms with E-state index in [2.05, 4.69) is 48.4 Å². The van der Waals surface area contributed by atoms with Crippen LogP contribution < -0.4 is 11.1 Å². The number of rotatable bonds is 4. The summed E-state index contributed by atoms with van der Waals surface area (Å²) >= 11 is 0. The van der Waals surface area contributed by atoms with E-state index < -0.39 is 0 Å². The maximum Gasteiger partial charge on any atom is 0.130 e. The molecule has 0 aliphatic rings. The molecular formula is C16H21N3. The van der Waals surface area contributed by atoms with Gasteiger partial charge in [0.15, 0.2) is 0 Å². The number of nitrogens with zero attached hydrogens (tertiary/aromatic N) is 1. The highest BCUT2D eigenvalue weighted by Crippen LogP contribution is 2.22. The highest BCUT2D eigenvalue weighted by atomic mass is 15.0. The largest absolute Gasteiger partial charge is 0.397 e. The summed E-state index contributed by atoms with van der Waals surface area (Å²) < 4.78 is 0. The summed E-state index contributed by atoms with van der Waals surface area (Å²) in [7, 11) is 0. The summed E-state index contributed by atoms with van der Waals surface area (Å²) in [6.45, 7) is 6.43. The number of anilines is 3. The standard InChI is InChI=1S/C16H21N3/c1-4-11(2)13-5-7-14(8-6-13)19-16-9-12(3)15(17)10-18-16/h5-11H,4,17H2,1-3H3,(H,18,19). The van der Waals surface area contributed by atoms with Crippen molar-refractivity contribution in [2.24, 2.45) is 0 Å². The predicted octanol–water partition coefficient (Wildman–Crippen LogP) is 4.23. The van der Waals surface area contributed by atoms with E-state index in [4.69, 9.17) is 5.73 Å². The molecule has 1 unspecified atom stereocenters. The monoisotopic (exact) mass is 255 g/mol.